The van der Waals surface area contributed by atoms with Gasteiger partial charge in [-0.15, -0.1) is 0 Å². The number of piperidine rings is 1. The average molecular weight is 241 g/mol. The van der Waals surface area contributed by atoms with E-state index < -0.39 is 0 Å². The number of carbonyl (C=O) groups excluding carboxylic acids is 1. The van der Waals surface area contributed by atoms with Crippen LogP contribution >= 0.6 is 0 Å². The summed E-state index contributed by atoms with van der Waals surface area (Å²) in [6.07, 6.45) is 3.87. The Hall–Kier alpha value is -0.610. The van der Waals surface area contributed by atoms with Crippen LogP contribution in [-0.4, -0.2) is 42.5 Å². The Balaban J connectivity index is 2.47. The fourth-order valence-corrected chi connectivity index (χ4v) is 2.45. The Morgan fingerprint density at radius 1 is 1.53 bits per heavy atom. The van der Waals surface area contributed by atoms with E-state index in [1.54, 1.807) is 0 Å². The molecule has 1 saturated heterocycles. The lowest BCUT2D eigenvalue weighted by Crippen LogP contribution is -2.55. The molecule has 1 rings (SSSR count). The number of amides is 1. The van der Waals surface area contributed by atoms with Gasteiger partial charge in [0.25, 0.3) is 0 Å². The van der Waals surface area contributed by atoms with E-state index in [1.807, 2.05) is 0 Å². The summed E-state index contributed by atoms with van der Waals surface area (Å²) in [5.41, 5.74) is 5.32. The van der Waals surface area contributed by atoms with Crippen molar-refractivity contribution in [3.8, 4) is 0 Å². The lowest BCUT2D eigenvalue weighted by molar-refractivity contribution is -0.120. The third-order valence-electron chi connectivity index (χ3n) is 3.86. The summed E-state index contributed by atoms with van der Waals surface area (Å²) in [4.78, 5) is 13.7. The topological polar surface area (TPSA) is 58.4 Å². The van der Waals surface area contributed by atoms with Gasteiger partial charge in [0.05, 0.1) is 6.54 Å². The lowest BCUT2D eigenvalue weighted by Gasteiger charge is -2.43. The summed E-state index contributed by atoms with van der Waals surface area (Å²) in [6.45, 7) is 9.71. The van der Waals surface area contributed by atoms with Crippen LogP contribution in [-0.2, 0) is 4.79 Å². The zero-order valence-electron chi connectivity index (χ0n) is 11.5. The normalized spacial score (nSPS) is 22.5. The second kappa shape index (κ2) is 6.36. The Kier molecular flexibility index (Phi) is 5.40. The molecule has 1 unspecified atom stereocenters. The molecule has 0 aromatic carbocycles. The van der Waals surface area contributed by atoms with E-state index in [0.29, 0.717) is 6.54 Å². The zero-order valence-corrected chi connectivity index (χ0v) is 11.5. The summed E-state index contributed by atoms with van der Waals surface area (Å²) < 4.78 is 0. The smallest absolute Gasteiger partial charge is 0.233 e. The van der Waals surface area contributed by atoms with Crippen LogP contribution in [0.25, 0.3) is 0 Å². The molecule has 0 aliphatic carbocycles. The maximum absolute atomic E-state index is 11.2. The number of nitrogens with one attached hydrogen (secondary N) is 1. The number of likely N-dealkylation sites (tertiary alicyclic amines) is 1. The van der Waals surface area contributed by atoms with Crippen molar-refractivity contribution in [1.29, 1.82) is 0 Å². The van der Waals surface area contributed by atoms with Crippen molar-refractivity contribution in [2.45, 2.75) is 45.6 Å². The summed E-state index contributed by atoms with van der Waals surface area (Å²) >= 11 is 0. The molecule has 100 valence electrons. The molecule has 1 atom stereocenters. The summed E-state index contributed by atoms with van der Waals surface area (Å²) in [6, 6.07) is 0. The van der Waals surface area contributed by atoms with Gasteiger partial charge in [0, 0.05) is 18.6 Å². The first-order chi connectivity index (χ1) is 7.99. The van der Waals surface area contributed by atoms with E-state index in [9.17, 15) is 4.79 Å². The van der Waals surface area contributed by atoms with E-state index in [0.717, 1.165) is 19.0 Å². The molecule has 0 spiro atoms. The highest BCUT2D eigenvalue weighted by molar-refractivity contribution is 5.77. The third kappa shape index (κ3) is 4.28. The van der Waals surface area contributed by atoms with Crippen LogP contribution in [0.15, 0.2) is 0 Å². The first-order valence-electron chi connectivity index (χ1n) is 6.71. The van der Waals surface area contributed by atoms with Crippen molar-refractivity contribution < 1.29 is 4.79 Å². The minimum atomic E-state index is -0.0675. The largest absolute Gasteiger partial charge is 0.353 e. The molecule has 4 nitrogen and oxygen atoms in total. The minimum absolute atomic E-state index is 0.0265. The molecule has 0 radical (unpaired) electrons. The molecule has 0 aromatic heterocycles. The highest BCUT2D eigenvalue weighted by Gasteiger charge is 2.30. The molecule has 1 fully saturated rings. The molecule has 1 aliphatic heterocycles. The van der Waals surface area contributed by atoms with Crippen molar-refractivity contribution in [3.05, 3.63) is 0 Å². The fraction of sp³-hybridized carbons (Fsp3) is 0.923. The minimum Gasteiger partial charge on any atom is -0.353 e. The maximum Gasteiger partial charge on any atom is 0.233 e. The molecule has 0 aromatic rings. The van der Waals surface area contributed by atoms with E-state index >= 15 is 0 Å². The van der Waals surface area contributed by atoms with Crippen LogP contribution in [0.2, 0.25) is 0 Å². The van der Waals surface area contributed by atoms with Crippen LogP contribution < -0.4 is 11.1 Å². The van der Waals surface area contributed by atoms with Crippen molar-refractivity contribution in [1.82, 2.24) is 10.2 Å². The van der Waals surface area contributed by atoms with Crippen molar-refractivity contribution in [3.63, 3.8) is 0 Å². The molecule has 3 N–H and O–H groups in total. The molecule has 0 saturated carbocycles. The molecule has 17 heavy (non-hydrogen) atoms. The maximum atomic E-state index is 11.2. The lowest BCUT2D eigenvalue weighted by atomic mass is 9.91. The summed E-state index contributed by atoms with van der Waals surface area (Å²) in [5, 5.41) is 2.90. The number of nitrogens with zero attached hydrogens (tertiary/aromatic N) is 1. The van der Waals surface area contributed by atoms with Gasteiger partial charge in [-0.1, -0.05) is 13.3 Å². The van der Waals surface area contributed by atoms with Crippen LogP contribution in [0.4, 0.5) is 0 Å². The molecular weight excluding hydrogens is 214 g/mol. The van der Waals surface area contributed by atoms with Crippen molar-refractivity contribution >= 4 is 5.91 Å². The molecule has 0 bridgehead atoms. The summed E-state index contributed by atoms with van der Waals surface area (Å²) in [5.74, 6) is 0.746. The van der Waals surface area contributed by atoms with Crippen LogP contribution in [0.1, 0.15) is 40.0 Å². The van der Waals surface area contributed by atoms with Gasteiger partial charge in [0.2, 0.25) is 5.91 Å². The predicted molar refractivity (Wildman–Crippen MR) is 70.7 cm³/mol. The molecular formula is C13H27N3O. The summed E-state index contributed by atoms with van der Waals surface area (Å²) in [7, 11) is 0. The van der Waals surface area contributed by atoms with Gasteiger partial charge in [0.1, 0.15) is 0 Å². The number of rotatable bonds is 5. The van der Waals surface area contributed by atoms with Gasteiger partial charge in [-0.3, -0.25) is 9.69 Å². The number of carbonyl (C=O) groups is 1. The molecule has 1 aliphatic rings. The predicted octanol–water partition coefficient (Wildman–Crippen LogP) is 0.962. The molecule has 1 heterocycles. The SMILES string of the molecule is CCC1CCCN(C(C)(C)CNC(=O)CN)C1. The number of nitrogens with two attached hydrogens (primary N) is 1. The monoisotopic (exact) mass is 241 g/mol. The van der Waals surface area contributed by atoms with Gasteiger partial charge in [-0.25, -0.2) is 0 Å². The second-order valence-corrected chi connectivity index (χ2v) is 5.66. The fourth-order valence-electron chi connectivity index (χ4n) is 2.45. The highest BCUT2D eigenvalue weighted by Crippen LogP contribution is 2.25. The number of hydrogen-bond donors (Lipinski definition) is 2. The van der Waals surface area contributed by atoms with Crippen LogP contribution in [0.5, 0.6) is 0 Å². The van der Waals surface area contributed by atoms with E-state index in [-0.39, 0.29) is 18.0 Å². The quantitative estimate of drug-likeness (QED) is 0.754. The van der Waals surface area contributed by atoms with Gasteiger partial charge < -0.3 is 11.1 Å². The molecule has 4 heteroatoms. The Morgan fingerprint density at radius 2 is 2.24 bits per heavy atom. The molecule has 1 amide bonds. The Labute approximate surface area is 105 Å². The van der Waals surface area contributed by atoms with Gasteiger partial charge >= 0.3 is 0 Å². The highest BCUT2D eigenvalue weighted by atomic mass is 16.1. The second-order valence-electron chi connectivity index (χ2n) is 5.66. The van der Waals surface area contributed by atoms with Crippen LogP contribution in [0.3, 0.4) is 0 Å². The Morgan fingerprint density at radius 3 is 2.82 bits per heavy atom. The third-order valence-corrected chi connectivity index (χ3v) is 3.86. The van der Waals surface area contributed by atoms with Gasteiger partial charge in [0.15, 0.2) is 0 Å². The van der Waals surface area contributed by atoms with Gasteiger partial charge in [-0.2, -0.15) is 0 Å². The van der Waals surface area contributed by atoms with Crippen LogP contribution in [0, 0.1) is 5.92 Å². The standard InChI is InChI=1S/C13H27N3O/c1-4-11-6-5-7-16(9-11)13(2,3)10-15-12(17)8-14/h11H,4-10,14H2,1-3H3,(H,15,17). The number of hydrogen-bond acceptors (Lipinski definition) is 3. The van der Waals surface area contributed by atoms with E-state index in [4.69, 9.17) is 5.73 Å². The Bertz CT molecular complexity index is 253. The van der Waals surface area contributed by atoms with Gasteiger partial charge in [-0.05, 0) is 39.2 Å². The first-order valence-corrected chi connectivity index (χ1v) is 6.71. The first kappa shape index (κ1) is 14.5. The van der Waals surface area contributed by atoms with Crippen molar-refractivity contribution in [2.24, 2.45) is 11.7 Å². The average Bonchev–Trinajstić information content (AvgIpc) is 2.36. The zero-order chi connectivity index (χ0) is 12.9. The van der Waals surface area contributed by atoms with Crippen molar-refractivity contribution in [2.75, 3.05) is 26.2 Å². The van der Waals surface area contributed by atoms with E-state index in [1.165, 1.54) is 19.3 Å². The van der Waals surface area contributed by atoms with E-state index in [2.05, 4.69) is 31.0 Å².